The lowest BCUT2D eigenvalue weighted by Gasteiger charge is -2.27. The van der Waals surface area contributed by atoms with Crippen LogP contribution in [0.1, 0.15) is 25.7 Å². The molecule has 0 bridgehead atoms. The number of ether oxygens (including phenoxy) is 1. The summed E-state index contributed by atoms with van der Waals surface area (Å²) in [6.07, 6.45) is 4.04. The normalized spacial score (nSPS) is 15.2. The van der Waals surface area contributed by atoms with E-state index >= 15 is 0 Å². The van der Waals surface area contributed by atoms with E-state index in [9.17, 15) is 19.7 Å². The van der Waals surface area contributed by atoms with Crippen LogP contribution < -0.4 is 11.2 Å². The van der Waals surface area contributed by atoms with E-state index in [-0.39, 0.29) is 23.3 Å². The number of benzene rings is 1. The first-order chi connectivity index (χ1) is 13.5. The summed E-state index contributed by atoms with van der Waals surface area (Å²) in [6, 6.07) is 4.11. The third-order valence-electron chi connectivity index (χ3n) is 5.24. The van der Waals surface area contributed by atoms with Crippen LogP contribution >= 0.6 is 0 Å². The molecule has 0 radical (unpaired) electrons. The van der Waals surface area contributed by atoms with Crippen LogP contribution in [0.3, 0.4) is 0 Å². The summed E-state index contributed by atoms with van der Waals surface area (Å²) in [5.74, 6) is 0. The Hall–Kier alpha value is -2.52. The van der Waals surface area contributed by atoms with E-state index in [1.807, 2.05) is 0 Å². The van der Waals surface area contributed by atoms with E-state index < -0.39 is 10.5 Å². The van der Waals surface area contributed by atoms with Gasteiger partial charge in [0.05, 0.1) is 15.8 Å². The van der Waals surface area contributed by atoms with Crippen molar-refractivity contribution >= 4 is 16.6 Å². The zero-order chi connectivity index (χ0) is 20.1. The van der Waals surface area contributed by atoms with Gasteiger partial charge in [0, 0.05) is 45.5 Å². The highest BCUT2D eigenvalue weighted by Gasteiger charge is 2.18. The molecule has 3 rings (SSSR count). The van der Waals surface area contributed by atoms with Gasteiger partial charge in [0.15, 0.2) is 0 Å². The predicted molar refractivity (Wildman–Crippen MR) is 106 cm³/mol. The highest BCUT2D eigenvalue weighted by molar-refractivity contribution is 5.80. The molecule has 0 unspecified atom stereocenters. The van der Waals surface area contributed by atoms with Crippen molar-refractivity contribution in [3.63, 3.8) is 0 Å². The van der Waals surface area contributed by atoms with Crippen LogP contribution in [-0.4, -0.2) is 52.3 Å². The summed E-state index contributed by atoms with van der Waals surface area (Å²) in [5, 5.41) is 11.3. The van der Waals surface area contributed by atoms with Crippen LogP contribution in [0, 0.1) is 10.1 Å². The average Bonchev–Trinajstić information content (AvgIpc) is 2.71. The fourth-order valence-electron chi connectivity index (χ4n) is 3.73. The zero-order valence-corrected chi connectivity index (χ0v) is 16.1. The van der Waals surface area contributed by atoms with Gasteiger partial charge < -0.3 is 9.64 Å². The van der Waals surface area contributed by atoms with Crippen molar-refractivity contribution in [2.45, 2.75) is 38.8 Å². The molecule has 0 atom stereocenters. The molecule has 2 heterocycles. The Morgan fingerprint density at radius 3 is 2.50 bits per heavy atom. The Balaban J connectivity index is 2.04. The van der Waals surface area contributed by atoms with Gasteiger partial charge in [-0.3, -0.25) is 24.0 Å². The summed E-state index contributed by atoms with van der Waals surface area (Å²) >= 11 is 0. The number of non-ortho nitro benzene ring substituents is 1. The summed E-state index contributed by atoms with van der Waals surface area (Å²) in [5.41, 5.74) is -0.580. The monoisotopic (exact) mass is 390 g/mol. The standard InChI is InChI=1S/C19H26N4O5/c1-28-13-5-10-22-18(24)16-14-15(23(26)27)6-7-17(16)21(19(22)25)12-11-20-8-3-2-4-9-20/h6-7,14H,2-5,8-13H2,1H3. The molecular weight excluding hydrogens is 364 g/mol. The largest absolute Gasteiger partial charge is 0.385 e. The fourth-order valence-corrected chi connectivity index (χ4v) is 3.73. The maximum absolute atomic E-state index is 13.0. The smallest absolute Gasteiger partial charge is 0.331 e. The molecule has 0 saturated carbocycles. The van der Waals surface area contributed by atoms with Gasteiger partial charge in [-0.2, -0.15) is 0 Å². The van der Waals surface area contributed by atoms with Crippen molar-refractivity contribution in [3.8, 4) is 0 Å². The van der Waals surface area contributed by atoms with Crippen LogP contribution in [0.15, 0.2) is 27.8 Å². The molecule has 0 N–H and O–H groups in total. The van der Waals surface area contributed by atoms with Crippen molar-refractivity contribution in [1.29, 1.82) is 0 Å². The summed E-state index contributed by atoms with van der Waals surface area (Å²) in [6.45, 7) is 3.80. The molecule has 2 aromatic rings. The zero-order valence-electron chi connectivity index (χ0n) is 16.1. The summed E-state index contributed by atoms with van der Waals surface area (Å²) in [7, 11) is 1.56. The third kappa shape index (κ3) is 4.31. The molecule has 28 heavy (non-hydrogen) atoms. The molecule has 0 spiro atoms. The maximum atomic E-state index is 13.0. The molecule has 9 heteroatoms. The predicted octanol–water partition coefficient (Wildman–Crippen LogP) is 1.59. The molecule has 0 amide bonds. The molecule has 1 aromatic heterocycles. The molecule has 1 fully saturated rings. The van der Waals surface area contributed by atoms with Gasteiger partial charge in [-0.05, 0) is 38.4 Å². The van der Waals surface area contributed by atoms with E-state index in [0.717, 1.165) is 25.9 Å². The molecular formula is C19H26N4O5. The second-order valence-corrected chi connectivity index (χ2v) is 7.10. The Kier molecular flexibility index (Phi) is 6.58. The van der Waals surface area contributed by atoms with E-state index in [2.05, 4.69) is 4.90 Å². The van der Waals surface area contributed by atoms with E-state index in [1.54, 1.807) is 11.7 Å². The third-order valence-corrected chi connectivity index (χ3v) is 5.24. The number of aromatic nitrogens is 2. The first kappa shape index (κ1) is 20.2. The number of nitro benzene ring substituents is 1. The van der Waals surface area contributed by atoms with Crippen LogP contribution in [0.25, 0.3) is 10.9 Å². The number of piperidine rings is 1. The number of rotatable bonds is 8. The quantitative estimate of drug-likeness (QED) is 0.386. The van der Waals surface area contributed by atoms with Gasteiger partial charge in [0.25, 0.3) is 11.2 Å². The van der Waals surface area contributed by atoms with Crippen molar-refractivity contribution < 1.29 is 9.66 Å². The van der Waals surface area contributed by atoms with Gasteiger partial charge in [-0.1, -0.05) is 6.42 Å². The Morgan fingerprint density at radius 2 is 1.82 bits per heavy atom. The SMILES string of the molecule is COCCCn1c(=O)c2cc([N+](=O)[O-])ccc2n(CCN2CCCCC2)c1=O. The molecule has 152 valence electrons. The minimum Gasteiger partial charge on any atom is -0.385 e. The van der Waals surface area contributed by atoms with E-state index in [1.165, 1.54) is 29.2 Å². The van der Waals surface area contributed by atoms with Gasteiger partial charge in [-0.15, -0.1) is 0 Å². The Morgan fingerprint density at radius 1 is 1.07 bits per heavy atom. The number of nitrogens with zero attached hydrogens (tertiary/aromatic N) is 4. The lowest BCUT2D eigenvalue weighted by atomic mass is 10.1. The lowest BCUT2D eigenvalue weighted by Crippen LogP contribution is -2.42. The van der Waals surface area contributed by atoms with Crippen LogP contribution in [-0.2, 0) is 17.8 Å². The number of nitro groups is 1. The van der Waals surface area contributed by atoms with Crippen LogP contribution in [0.5, 0.6) is 0 Å². The number of fused-ring (bicyclic) bond motifs is 1. The second kappa shape index (κ2) is 9.11. The number of hydrogen-bond donors (Lipinski definition) is 0. The van der Waals surface area contributed by atoms with Crippen molar-refractivity contribution in [1.82, 2.24) is 14.0 Å². The molecule has 9 nitrogen and oxygen atoms in total. The first-order valence-electron chi connectivity index (χ1n) is 9.66. The minimum atomic E-state index is -0.530. The number of likely N-dealkylation sites (tertiary alicyclic amines) is 1. The molecule has 1 aromatic carbocycles. The van der Waals surface area contributed by atoms with Gasteiger partial charge >= 0.3 is 5.69 Å². The van der Waals surface area contributed by atoms with Crippen molar-refractivity contribution in [2.24, 2.45) is 0 Å². The maximum Gasteiger partial charge on any atom is 0.331 e. The summed E-state index contributed by atoms with van der Waals surface area (Å²) in [4.78, 5) is 38.8. The van der Waals surface area contributed by atoms with Gasteiger partial charge in [0.2, 0.25) is 0 Å². The first-order valence-corrected chi connectivity index (χ1v) is 9.66. The summed E-state index contributed by atoms with van der Waals surface area (Å²) < 4.78 is 7.76. The lowest BCUT2D eigenvalue weighted by molar-refractivity contribution is -0.384. The van der Waals surface area contributed by atoms with Crippen molar-refractivity contribution in [3.05, 3.63) is 49.2 Å². The van der Waals surface area contributed by atoms with E-state index in [0.29, 0.717) is 31.6 Å². The molecule has 1 saturated heterocycles. The molecule has 0 aliphatic carbocycles. The van der Waals surface area contributed by atoms with Gasteiger partial charge in [-0.25, -0.2) is 4.79 Å². The van der Waals surface area contributed by atoms with Crippen molar-refractivity contribution in [2.75, 3.05) is 33.4 Å². The molecule has 1 aliphatic heterocycles. The molecule has 1 aliphatic rings. The second-order valence-electron chi connectivity index (χ2n) is 7.10. The highest BCUT2D eigenvalue weighted by Crippen LogP contribution is 2.18. The average molecular weight is 390 g/mol. The van der Waals surface area contributed by atoms with Crippen LogP contribution in [0.2, 0.25) is 0 Å². The topological polar surface area (TPSA) is 99.6 Å². The number of hydrogen-bond acceptors (Lipinski definition) is 6. The number of methoxy groups -OCH3 is 1. The van der Waals surface area contributed by atoms with E-state index in [4.69, 9.17) is 4.74 Å². The Bertz CT molecular complexity index is 959. The highest BCUT2D eigenvalue weighted by atomic mass is 16.6. The Labute approximate surface area is 162 Å². The minimum absolute atomic E-state index is 0.158. The fraction of sp³-hybridized carbons (Fsp3) is 0.579. The van der Waals surface area contributed by atoms with Gasteiger partial charge in [0.1, 0.15) is 0 Å². The van der Waals surface area contributed by atoms with Crippen LogP contribution in [0.4, 0.5) is 5.69 Å².